The molecule has 0 unspecified atom stereocenters. The average Bonchev–Trinajstić information content (AvgIpc) is 2.15. The SMILES string of the molecule is C=C(CC)C(=O)OCOC(=O)CC(C)=O. The van der Waals surface area contributed by atoms with Crippen molar-refractivity contribution in [2.75, 3.05) is 6.79 Å². The summed E-state index contributed by atoms with van der Waals surface area (Å²) in [6, 6.07) is 0. The highest BCUT2D eigenvalue weighted by Crippen LogP contribution is 1.99. The molecule has 0 bridgehead atoms. The Morgan fingerprint density at radius 1 is 1.20 bits per heavy atom. The van der Waals surface area contributed by atoms with Crippen LogP contribution < -0.4 is 0 Å². The van der Waals surface area contributed by atoms with Crippen molar-refractivity contribution < 1.29 is 23.9 Å². The van der Waals surface area contributed by atoms with Crippen LogP contribution in [0, 0.1) is 0 Å². The van der Waals surface area contributed by atoms with Gasteiger partial charge in [0, 0.05) is 5.57 Å². The summed E-state index contributed by atoms with van der Waals surface area (Å²) in [5, 5.41) is 0. The molecule has 0 aromatic rings. The van der Waals surface area contributed by atoms with Gasteiger partial charge in [-0.25, -0.2) is 4.79 Å². The van der Waals surface area contributed by atoms with E-state index in [1.54, 1.807) is 6.92 Å². The minimum atomic E-state index is -0.711. The Bertz CT molecular complexity index is 280. The molecule has 0 saturated carbocycles. The number of carbonyl (C=O) groups is 3. The maximum absolute atomic E-state index is 11.0. The summed E-state index contributed by atoms with van der Waals surface area (Å²) in [6.07, 6.45) is 0.159. The summed E-state index contributed by atoms with van der Waals surface area (Å²) in [7, 11) is 0. The van der Waals surface area contributed by atoms with E-state index >= 15 is 0 Å². The summed E-state index contributed by atoms with van der Waals surface area (Å²) in [6.45, 7) is 5.99. The molecule has 84 valence electrons. The summed E-state index contributed by atoms with van der Waals surface area (Å²) in [4.78, 5) is 32.3. The highest BCUT2D eigenvalue weighted by atomic mass is 16.7. The molecule has 0 aromatic carbocycles. The number of ketones is 1. The fourth-order valence-corrected chi connectivity index (χ4v) is 0.649. The highest BCUT2D eigenvalue weighted by molar-refractivity contribution is 5.94. The third-order valence-electron chi connectivity index (χ3n) is 1.52. The van der Waals surface area contributed by atoms with Crippen molar-refractivity contribution in [1.29, 1.82) is 0 Å². The Morgan fingerprint density at radius 2 is 1.80 bits per heavy atom. The first-order valence-corrected chi connectivity index (χ1v) is 4.47. The third kappa shape index (κ3) is 6.42. The Morgan fingerprint density at radius 3 is 2.27 bits per heavy atom. The van der Waals surface area contributed by atoms with Crippen LogP contribution in [0.25, 0.3) is 0 Å². The topological polar surface area (TPSA) is 69.7 Å². The summed E-state index contributed by atoms with van der Waals surface area (Å²) in [5.41, 5.74) is 0.303. The molecule has 0 rings (SSSR count). The van der Waals surface area contributed by atoms with Crippen LogP contribution in [0.1, 0.15) is 26.7 Å². The lowest BCUT2D eigenvalue weighted by atomic mass is 10.2. The molecule has 0 amide bonds. The van der Waals surface area contributed by atoms with Gasteiger partial charge in [-0.1, -0.05) is 13.5 Å². The Hall–Kier alpha value is -1.65. The van der Waals surface area contributed by atoms with Crippen LogP contribution in [0.4, 0.5) is 0 Å². The van der Waals surface area contributed by atoms with E-state index in [-0.39, 0.29) is 12.2 Å². The van der Waals surface area contributed by atoms with Gasteiger partial charge < -0.3 is 9.47 Å². The van der Waals surface area contributed by atoms with Gasteiger partial charge in [-0.2, -0.15) is 0 Å². The molecule has 5 nitrogen and oxygen atoms in total. The molecule has 0 fully saturated rings. The van der Waals surface area contributed by atoms with Gasteiger partial charge in [0.25, 0.3) is 0 Å². The van der Waals surface area contributed by atoms with E-state index in [9.17, 15) is 14.4 Å². The molecule has 0 aliphatic rings. The number of hydrogen-bond donors (Lipinski definition) is 0. The number of Topliss-reactive ketones (excluding diaryl/α,β-unsaturated/α-hetero) is 1. The first-order chi connectivity index (χ1) is 6.97. The zero-order valence-electron chi connectivity index (χ0n) is 8.87. The maximum Gasteiger partial charge on any atom is 0.336 e. The fraction of sp³-hybridized carbons (Fsp3) is 0.500. The molecule has 0 heterocycles. The number of ether oxygens (including phenoxy) is 2. The van der Waals surface area contributed by atoms with Crippen molar-refractivity contribution in [2.24, 2.45) is 0 Å². The molecule has 0 aliphatic heterocycles. The third-order valence-corrected chi connectivity index (χ3v) is 1.52. The number of carbonyl (C=O) groups excluding carboxylic acids is 3. The van der Waals surface area contributed by atoms with Gasteiger partial charge in [0.15, 0.2) is 0 Å². The largest absolute Gasteiger partial charge is 0.428 e. The molecule has 0 N–H and O–H groups in total. The second-order valence-corrected chi connectivity index (χ2v) is 2.90. The minimum Gasteiger partial charge on any atom is -0.428 e. The molecule has 0 spiro atoms. The van der Waals surface area contributed by atoms with Crippen molar-refractivity contribution in [3.63, 3.8) is 0 Å². The standard InChI is InChI=1S/C10H14O5/c1-4-7(2)10(13)15-6-14-9(12)5-8(3)11/h2,4-6H2,1,3H3. The second-order valence-electron chi connectivity index (χ2n) is 2.90. The van der Waals surface area contributed by atoms with Gasteiger partial charge in [-0.3, -0.25) is 9.59 Å². The average molecular weight is 214 g/mol. The van der Waals surface area contributed by atoms with Crippen LogP contribution in [-0.4, -0.2) is 24.5 Å². The smallest absolute Gasteiger partial charge is 0.336 e. The number of rotatable bonds is 6. The van der Waals surface area contributed by atoms with E-state index in [0.717, 1.165) is 0 Å². The second kappa shape index (κ2) is 6.75. The first kappa shape index (κ1) is 13.4. The van der Waals surface area contributed by atoms with Gasteiger partial charge in [0.2, 0.25) is 6.79 Å². The molecular weight excluding hydrogens is 200 g/mol. The Balaban J connectivity index is 3.71. The van der Waals surface area contributed by atoms with Gasteiger partial charge in [0.05, 0.1) is 0 Å². The molecule has 0 atom stereocenters. The summed E-state index contributed by atoms with van der Waals surface area (Å²) >= 11 is 0. The summed E-state index contributed by atoms with van der Waals surface area (Å²) in [5.74, 6) is -1.62. The van der Waals surface area contributed by atoms with Crippen molar-refractivity contribution in [3.05, 3.63) is 12.2 Å². The van der Waals surface area contributed by atoms with Crippen LogP contribution in [0.2, 0.25) is 0 Å². The van der Waals surface area contributed by atoms with Crippen molar-refractivity contribution in [3.8, 4) is 0 Å². The minimum absolute atomic E-state index is 0.302. The predicted molar refractivity (Wildman–Crippen MR) is 51.8 cm³/mol. The van der Waals surface area contributed by atoms with Crippen LogP contribution >= 0.6 is 0 Å². The lowest BCUT2D eigenvalue weighted by Crippen LogP contribution is -2.15. The van der Waals surface area contributed by atoms with Crippen LogP contribution in [0.15, 0.2) is 12.2 Å². The molecule has 5 heteroatoms. The van der Waals surface area contributed by atoms with Crippen molar-refractivity contribution >= 4 is 17.7 Å². The van der Waals surface area contributed by atoms with Gasteiger partial charge >= 0.3 is 11.9 Å². The predicted octanol–water partition coefficient (Wildman–Crippen LogP) is 0.976. The van der Waals surface area contributed by atoms with Crippen molar-refractivity contribution in [1.82, 2.24) is 0 Å². The normalized spacial score (nSPS) is 9.20. The fourth-order valence-electron chi connectivity index (χ4n) is 0.649. The van der Waals surface area contributed by atoms with E-state index in [0.29, 0.717) is 12.0 Å². The molecule has 15 heavy (non-hydrogen) atoms. The van der Waals surface area contributed by atoms with Crippen LogP contribution in [-0.2, 0) is 23.9 Å². The van der Waals surface area contributed by atoms with E-state index < -0.39 is 18.7 Å². The maximum atomic E-state index is 11.0. The van der Waals surface area contributed by atoms with Gasteiger partial charge in [-0.05, 0) is 13.3 Å². The van der Waals surface area contributed by atoms with Crippen molar-refractivity contribution in [2.45, 2.75) is 26.7 Å². The Labute approximate surface area is 88.0 Å². The van der Waals surface area contributed by atoms with Crippen LogP contribution in [0.3, 0.4) is 0 Å². The monoisotopic (exact) mass is 214 g/mol. The lowest BCUT2D eigenvalue weighted by Gasteiger charge is -2.05. The van der Waals surface area contributed by atoms with Gasteiger partial charge in [-0.15, -0.1) is 0 Å². The zero-order valence-corrected chi connectivity index (χ0v) is 8.87. The molecule has 0 saturated heterocycles. The quantitative estimate of drug-likeness (QED) is 0.285. The molecule has 0 aliphatic carbocycles. The van der Waals surface area contributed by atoms with E-state index in [2.05, 4.69) is 16.1 Å². The number of hydrogen-bond acceptors (Lipinski definition) is 5. The molecule has 0 aromatic heterocycles. The summed E-state index contributed by atoms with van der Waals surface area (Å²) < 4.78 is 9.03. The Kier molecular flexibility index (Phi) is 6.01. The zero-order chi connectivity index (χ0) is 11.8. The molecule has 0 radical (unpaired) electrons. The highest BCUT2D eigenvalue weighted by Gasteiger charge is 2.09. The first-order valence-electron chi connectivity index (χ1n) is 4.47. The molecular formula is C10H14O5. The van der Waals surface area contributed by atoms with E-state index in [4.69, 9.17) is 0 Å². The van der Waals surface area contributed by atoms with Crippen LogP contribution in [0.5, 0.6) is 0 Å². The van der Waals surface area contributed by atoms with Gasteiger partial charge in [0.1, 0.15) is 12.2 Å². The van der Waals surface area contributed by atoms with E-state index in [1.807, 2.05) is 0 Å². The lowest BCUT2D eigenvalue weighted by molar-refractivity contribution is -0.164. The van der Waals surface area contributed by atoms with E-state index in [1.165, 1.54) is 6.92 Å². The number of esters is 2.